The highest BCUT2D eigenvalue weighted by Crippen LogP contribution is 2.38. The molecule has 0 saturated carbocycles. The Kier molecular flexibility index (Phi) is 4.15. The number of rotatable bonds is 1. The molecule has 0 saturated heterocycles. The summed E-state index contributed by atoms with van der Waals surface area (Å²) in [6, 6.07) is 2.92. The minimum atomic E-state index is -4.66. The van der Waals surface area contributed by atoms with Gasteiger partial charge in [0.15, 0.2) is 0 Å². The van der Waals surface area contributed by atoms with Crippen LogP contribution < -0.4 is 16.6 Å². The molecule has 0 radical (unpaired) electrons. The Balaban J connectivity index is 3.06. The molecule has 0 aliphatic heterocycles. The van der Waals surface area contributed by atoms with E-state index in [-0.39, 0.29) is 5.69 Å². The van der Waals surface area contributed by atoms with Gasteiger partial charge < -0.3 is 5.32 Å². The zero-order valence-corrected chi connectivity index (χ0v) is 9.39. The number of hydrogen-bond acceptors (Lipinski definition) is 3. The van der Waals surface area contributed by atoms with Crippen LogP contribution in [0, 0.1) is 0 Å². The number of nitrogens with two attached hydrogens (primary N) is 1. The fraction of sp³-hybridized carbons (Fsp3) is 0.111. The molecule has 1 aromatic carbocycles. The average molecular weight is 282 g/mol. The molecule has 0 heterocycles. The van der Waals surface area contributed by atoms with Gasteiger partial charge in [-0.15, -0.1) is 0 Å². The van der Waals surface area contributed by atoms with E-state index in [2.05, 4.69) is 0 Å². The van der Waals surface area contributed by atoms with E-state index in [0.717, 1.165) is 18.2 Å². The summed E-state index contributed by atoms with van der Waals surface area (Å²) in [6.45, 7) is 0. The number of halogens is 4. The van der Waals surface area contributed by atoms with E-state index in [9.17, 15) is 22.8 Å². The van der Waals surface area contributed by atoms with E-state index in [1.165, 1.54) is 5.43 Å². The number of nitrogens with one attached hydrogen (secondary N) is 2. The number of hydrazine groups is 1. The number of hydrogen-bond donors (Lipinski definition) is 3. The van der Waals surface area contributed by atoms with Crippen molar-refractivity contribution in [1.82, 2.24) is 5.43 Å². The van der Waals surface area contributed by atoms with Crippen molar-refractivity contribution in [3.8, 4) is 0 Å². The van der Waals surface area contributed by atoms with Crippen molar-refractivity contribution in [2.75, 3.05) is 5.32 Å². The first-order valence-corrected chi connectivity index (χ1v) is 4.82. The molecule has 0 unspecified atom stereocenters. The molecule has 0 aliphatic carbocycles. The second-order valence-electron chi connectivity index (χ2n) is 3.09. The van der Waals surface area contributed by atoms with Gasteiger partial charge in [0.2, 0.25) is 0 Å². The van der Waals surface area contributed by atoms with Crippen molar-refractivity contribution >= 4 is 29.1 Å². The van der Waals surface area contributed by atoms with Gasteiger partial charge >= 0.3 is 18.0 Å². The Hall–Kier alpha value is -1.80. The van der Waals surface area contributed by atoms with Crippen LogP contribution in [0.1, 0.15) is 5.56 Å². The molecule has 1 rings (SSSR count). The van der Waals surface area contributed by atoms with Crippen molar-refractivity contribution in [3.63, 3.8) is 0 Å². The van der Waals surface area contributed by atoms with Crippen LogP contribution in [0.5, 0.6) is 0 Å². The van der Waals surface area contributed by atoms with Crippen molar-refractivity contribution in [2.24, 2.45) is 5.84 Å². The zero-order valence-electron chi connectivity index (χ0n) is 8.64. The SMILES string of the molecule is NNC(=O)C(=O)Nc1cccc(C(F)(F)F)c1Cl. The summed E-state index contributed by atoms with van der Waals surface area (Å²) >= 11 is 5.49. The van der Waals surface area contributed by atoms with Gasteiger partial charge in [-0.05, 0) is 12.1 Å². The second-order valence-corrected chi connectivity index (χ2v) is 3.47. The first kappa shape index (κ1) is 14.3. The highest BCUT2D eigenvalue weighted by Gasteiger charge is 2.34. The van der Waals surface area contributed by atoms with Crippen molar-refractivity contribution in [3.05, 3.63) is 28.8 Å². The van der Waals surface area contributed by atoms with Gasteiger partial charge in [-0.3, -0.25) is 15.0 Å². The smallest absolute Gasteiger partial charge is 0.316 e. The maximum atomic E-state index is 12.5. The van der Waals surface area contributed by atoms with Crippen LogP contribution in [0.4, 0.5) is 18.9 Å². The standard InChI is InChI=1S/C9H7ClF3N3O2/c10-6-4(9(11,12)13)2-1-3-5(6)15-7(17)8(18)16-14/h1-3H,14H2,(H,15,17)(H,16,18). The molecule has 5 nitrogen and oxygen atoms in total. The highest BCUT2D eigenvalue weighted by atomic mass is 35.5. The Morgan fingerprint density at radius 1 is 1.22 bits per heavy atom. The van der Waals surface area contributed by atoms with Crippen molar-refractivity contribution in [1.29, 1.82) is 0 Å². The third kappa shape index (κ3) is 3.11. The fourth-order valence-corrected chi connectivity index (χ4v) is 1.37. The summed E-state index contributed by atoms with van der Waals surface area (Å²) in [5, 5.41) is 1.21. The van der Waals surface area contributed by atoms with Gasteiger partial charge in [0.25, 0.3) is 0 Å². The Bertz CT molecular complexity index is 490. The third-order valence-corrected chi connectivity index (χ3v) is 2.30. The molecule has 0 fully saturated rings. The maximum Gasteiger partial charge on any atom is 0.417 e. The van der Waals surface area contributed by atoms with Gasteiger partial charge in [0.05, 0.1) is 16.3 Å². The lowest BCUT2D eigenvalue weighted by Gasteiger charge is -2.12. The molecule has 0 aromatic heterocycles. The fourth-order valence-electron chi connectivity index (χ4n) is 1.09. The largest absolute Gasteiger partial charge is 0.417 e. The van der Waals surface area contributed by atoms with E-state index in [0.29, 0.717) is 0 Å². The van der Waals surface area contributed by atoms with Crippen LogP contribution in [-0.4, -0.2) is 11.8 Å². The Morgan fingerprint density at radius 3 is 2.33 bits per heavy atom. The van der Waals surface area contributed by atoms with Crippen LogP contribution in [0.2, 0.25) is 5.02 Å². The van der Waals surface area contributed by atoms with Crippen LogP contribution >= 0.6 is 11.6 Å². The molecule has 0 atom stereocenters. The summed E-state index contributed by atoms with van der Waals surface area (Å²) in [5.74, 6) is 2.26. The van der Waals surface area contributed by atoms with Gasteiger partial charge in [-0.25, -0.2) is 5.84 Å². The molecule has 0 bridgehead atoms. The first-order valence-electron chi connectivity index (χ1n) is 4.45. The average Bonchev–Trinajstić information content (AvgIpc) is 2.29. The monoisotopic (exact) mass is 281 g/mol. The van der Waals surface area contributed by atoms with Gasteiger partial charge in [0.1, 0.15) is 0 Å². The van der Waals surface area contributed by atoms with E-state index < -0.39 is 28.6 Å². The predicted molar refractivity (Wildman–Crippen MR) is 57.4 cm³/mol. The lowest BCUT2D eigenvalue weighted by atomic mass is 10.2. The molecular weight excluding hydrogens is 275 g/mol. The number of benzene rings is 1. The molecule has 1 aromatic rings. The zero-order chi connectivity index (χ0) is 13.9. The van der Waals surface area contributed by atoms with Gasteiger partial charge in [-0.1, -0.05) is 17.7 Å². The molecule has 9 heteroatoms. The Morgan fingerprint density at radius 2 is 1.83 bits per heavy atom. The first-order chi connectivity index (χ1) is 8.27. The summed E-state index contributed by atoms with van der Waals surface area (Å²) in [7, 11) is 0. The Labute approximate surface area is 104 Å². The third-order valence-electron chi connectivity index (χ3n) is 1.89. The topological polar surface area (TPSA) is 84.2 Å². The molecule has 18 heavy (non-hydrogen) atoms. The second kappa shape index (κ2) is 5.23. The number of carbonyl (C=O) groups excluding carboxylic acids is 2. The molecule has 0 aliphatic rings. The van der Waals surface area contributed by atoms with E-state index in [1.807, 2.05) is 5.32 Å². The lowest BCUT2D eigenvalue weighted by Crippen LogP contribution is -2.39. The molecular formula is C9H7ClF3N3O2. The number of anilines is 1. The summed E-state index contributed by atoms with van der Waals surface area (Å²) in [4.78, 5) is 21.9. The van der Waals surface area contributed by atoms with Crippen LogP contribution in [-0.2, 0) is 15.8 Å². The quantitative estimate of drug-likeness (QED) is 0.314. The highest BCUT2D eigenvalue weighted by molar-refractivity contribution is 6.41. The van der Waals surface area contributed by atoms with Gasteiger partial charge in [0, 0.05) is 0 Å². The van der Waals surface area contributed by atoms with E-state index in [1.54, 1.807) is 0 Å². The van der Waals surface area contributed by atoms with E-state index in [4.69, 9.17) is 17.4 Å². The van der Waals surface area contributed by atoms with E-state index >= 15 is 0 Å². The summed E-state index contributed by atoms with van der Waals surface area (Å²) < 4.78 is 37.5. The predicted octanol–water partition coefficient (Wildman–Crippen LogP) is 1.29. The van der Waals surface area contributed by atoms with Crippen LogP contribution in [0.3, 0.4) is 0 Å². The number of carbonyl (C=O) groups is 2. The molecule has 0 spiro atoms. The molecule has 4 N–H and O–H groups in total. The summed E-state index contributed by atoms with van der Waals surface area (Å²) in [5.41, 5.74) is 0.0841. The number of amides is 2. The molecule has 2 amide bonds. The lowest BCUT2D eigenvalue weighted by molar-refractivity contribution is -0.137. The minimum absolute atomic E-state index is 0.333. The van der Waals surface area contributed by atoms with Crippen molar-refractivity contribution in [2.45, 2.75) is 6.18 Å². The molecule has 98 valence electrons. The van der Waals surface area contributed by atoms with Crippen molar-refractivity contribution < 1.29 is 22.8 Å². The number of alkyl halides is 3. The van der Waals surface area contributed by atoms with Gasteiger partial charge in [-0.2, -0.15) is 13.2 Å². The van der Waals surface area contributed by atoms with Crippen LogP contribution in [0.15, 0.2) is 18.2 Å². The normalized spacial score (nSPS) is 10.9. The summed E-state index contributed by atoms with van der Waals surface area (Å²) in [6.07, 6.45) is -4.66. The van der Waals surface area contributed by atoms with Crippen LogP contribution in [0.25, 0.3) is 0 Å². The maximum absolute atomic E-state index is 12.5. The minimum Gasteiger partial charge on any atom is -0.316 e.